The number of benzene rings is 1. The van der Waals surface area contributed by atoms with E-state index >= 15 is 0 Å². The number of rotatable bonds is 3. The number of anilines is 2. The summed E-state index contributed by atoms with van der Waals surface area (Å²) in [6.45, 7) is 1.62. The van der Waals surface area contributed by atoms with Crippen LogP contribution in [0.1, 0.15) is 29.8 Å². The van der Waals surface area contributed by atoms with E-state index in [1.54, 1.807) is 12.4 Å². The van der Waals surface area contributed by atoms with Crippen molar-refractivity contribution in [2.24, 2.45) is 0 Å². The molecule has 1 aliphatic heterocycles. The third kappa shape index (κ3) is 3.28. The van der Waals surface area contributed by atoms with E-state index in [0.717, 1.165) is 42.5 Å². The largest absolute Gasteiger partial charge is 0.337 e. The normalized spacial score (nSPS) is 14.5. The van der Waals surface area contributed by atoms with E-state index in [1.165, 1.54) is 12.6 Å². The highest BCUT2D eigenvalue weighted by Crippen LogP contribution is 2.23. The molecule has 25 heavy (non-hydrogen) atoms. The lowest BCUT2D eigenvalue weighted by molar-refractivity contribution is 0.0718. The first-order valence-corrected chi connectivity index (χ1v) is 8.53. The summed E-state index contributed by atoms with van der Waals surface area (Å²) in [5, 5.41) is 4.28. The molecule has 1 amide bonds. The van der Waals surface area contributed by atoms with Crippen molar-refractivity contribution in [1.29, 1.82) is 0 Å². The number of nitrogens with one attached hydrogen (secondary N) is 1. The van der Waals surface area contributed by atoms with Crippen LogP contribution in [-0.2, 0) is 0 Å². The van der Waals surface area contributed by atoms with E-state index in [-0.39, 0.29) is 5.91 Å². The Morgan fingerprint density at radius 2 is 1.80 bits per heavy atom. The molecule has 1 aromatic carbocycles. The fourth-order valence-corrected chi connectivity index (χ4v) is 3.11. The number of amides is 1. The van der Waals surface area contributed by atoms with Crippen molar-refractivity contribution < 1.29 is 4.79 Å². The first kappa shape index (κ1) is 15.5. The number of para-hydroxylation sites is 1. The molecule has 0 aliphatic carbocycles. The zero-order valence-electron chi connectivity index (χ0n) is 13.9. The first-order valence-electron chi connectivity index (χ1n) is 8.53. The summed E-state index contributed by atoms with van der Waals surface area (Å²) in [4.78, 5) is 27.3. The van der Waals surface area contributed by atoms with E-state index < -0.39 is 0 Å². The fraction of sp³-hybridized carbons (Fsp3) is 0.263. The Bertz CT molecular complexity index is 882. The van der Waals surface area contributed by atoms with Crippen LogP contribution >= 0.6 is 0 Å². The number of carbonyl (C=O) groups excluding carboxylic acids is 1. The second-order valence-electron chi connectivity index (χ2n) is 6.15. The molecule has 0 radical (unpaired) electrons. The molecular weight excluding hydrogens is 314 g/mol. The van der Waals surface area contributed by atoms with Crippen LogP contribution < -0.4 is 5.32 Å². The third-order valence-corrected chi connectivity index (χ3v) is 4.41. The van der Waals surface area contributed by atoms with Crippen molar-refractivity contribution >= 4 is 28.3 Å². The van der Waals surface area contributed by atoms with Gasteiger partial charge in [-0.05, 0) is 31.4 Å². The van der Waals surface area contributed by atoms with Crippen LogP contribution in [0.5, 0.6) is 0 Å². The Labute approximate surface area is 145 Å². The van der Waals surface area contributed by atoms with Gasteiger partial charge in [0.15, 0.2) is 0 Å². The molecule has 2 aromatic heterocycles. The molecule has 126 valence electrons. The number of aromatic nitrogens is 3. The van der Waals surface area contributed by atoms with Crippen LogP contribution in [0.25, 0.3) is 10.9 Å². The molecule has 6 nitrogen and oxygen atoms in total. The molecule has 1 saturated heterocycles. The SMILES string of the molecule is O=C(c1cnc(Nc2cccc3cccnc23)cn1)N1CCCCC1. The number of nitrogens with zero attached hydrogens (tertiary/aromatic N) is 4. The number of hydrogen-bond acceptors (Lipinski definition) is 5. The molecule has 1 fully saturated rings. The second-order valence-corrected chi connectivity index (χ2v) is 6.15. The van der Waals surface area contributed by atoms with Gasteiger partial charge < -0.3 is 10.2 Å². The van der Waals surface area contributed by atoms with E-state index in [0.29, 0.717) is 11.5 Å². The van der Waals surface area contributed by atoms with Crippen molar-refractivity contribution in [3.05, 3.63) is 54.6 Å². The number of carbonyl (C=O) groups is 1. The summed E-state index contributed by atoms with van der Waals surface area (Å²) in [6.07, 6.45) is 8.22. The average molecular weight is 333 g/mol. The Balaban J connectivity index is 1.53. The summed E-state index contributed by atoms with van der Waals surface area (Å²) >= 11 is 0. The summed E-state index contributed by atoms with van der Waals surface area (Å²) in [5.41, 5.74) is 2.13. The van der Waals surface area contributed by atoms with Crippen LogP contribution in [-0.4, -0.2) is 38.8 Å². The standard InChI is InChI=1S/C19H19N5O/c25-19(24-10-2-1-3-11-24)16-12-22-17(13-21-16)23-15-8-4-6-14-7-5-9-20-18(14)15/h4-9,12-13H,1-3,10-11H2,(H,22,23). The summed E-state index contributed by atoms with van der Waals surface area (Å²) in [7, 11) is 0. The number of hydrogen-bond donors (Lipinski definition) is 1. The molecule has 0 saturated carbocycles. The Kier molecular flexibility index (Phi) is 4.24. The van der Waals surface area contributed by atoms with Gasteiger partial charge in [-0.3, -0.25) is 9.78 Å². The van der Waals surface area contributed by atoms with E-state index in [4.69, 9.17) is 0 Å². The molecule has 3 heterocycles. The zero-order valence-corrected chi connectivity index (χ0v) is 13.9. The van der Waals surface area contributed by atoms with E-state index in [1.807, 2.05) is 35.2 Å². The Morgan fingerprint density at radius 1 is 0.960 bits per heavy atom. The minimum atomic E-state index is -0.0365. The van der Waals surface area contributed by atoms with Gasteiger partial charge in [-0.2, -0.15) is 0 Å². The van der Waals surface area contributed by atoms with E-state index in [2.05, 4.69) is 20.3 Å². The van der Waals surface area contributed by atoms with Crippen LogP contribution in [0, 0.1) is 0 Å². The summed E-state index contributed by atoms with van der Waals surface area (Å²) < 4.78 is 0. The molecule has 4 rings (SSSR count). The Hall–Kier alpha value is -3.02. The molecule has 1 N–H and O–H groups in total. The van der Waals surface area contributed by atoms with Crippen molar-refractivity contribution in [3.8, 4) is 0 Å². The number of pyridine rings is 1. The molecule has 6 heteroatoms. The van der Waals surface area contributed by atoms with Gasteiger partial charge in [0, 0.05) is 24.7 Å². The molecule has 1 aliphatic rings. The van der Waals surface area contributed by atoms with E-state index in [9.17, 15) is 4.79 Å². The van der Waals surface area contributed by atoms with Gasteiger partial charge in [-0.1, -0.05) is 18.2 Å². The van der Waals surface area contributed by atoms with Crippen molar-refractivity contribution in [3.63, 3.8) is 0 Å². The highest BCUT2D eigenvalue weighted by atomic mass is 16.2. The molecule has 3 aromatic rings. The highest BCUT2D eigenvalue weighted by molar-refractivity contribution is 5.93. The minimum Gasteiger partial charge on any atom is -0.337 e. The smallest absolute Gasteiger partial charge is 0.274 e. The van der Waals surface area contributed by atoms with Gasteiger partial charge in [-0.15, -0.1) is 0 Å². The lowest BCUT2D eigenvalue weighted by atomic mass is 10.1. The minimum absolute atomic E-state index is 0.0365. The highest BCUT2D eigenvalue weighted by Gasteiger charge is 2.19. The van der Waals surface area contributed by atoms with Gasteiger partial charge in [-0.25, -0.2) is 9.97 Å². The lowest BCUT2D eigenvalue weighted by Gasteiger charge is -2.26. The maximum atomic E-state index is 12.4. The van der Waals surface area contributed by atoms with Crippen molar-refractivity contribution in [2.75, 3.05) is 18.4 Å². The van der Waals surface area contributed by atoms with Crippen molar-refractivity contribution in [2.45, 2.75) is 19.3 Å². The maximum absolute atomic E-state index is 12.4. The number of piperidine rings is 1. The molecule has 0 atom stereocenters. The topological polar surface area (TPSA) is 71.0 Å². The van der Waals surface area contributed by atoms with Crippen molar-refractivity contribution in [1.82, 2.24) is 19.9 Å². The van der Waals surface area contributed by atoms with Crippen LogP contribution in [0.2, 0.25) is 0 Å². The van der Waals surface area contributed by atoms with Gasteiger partial charge >= 0.3 is 0 Å². The second kappa shape index (κ2) is 6.84. The van der Waals surface area contributed by atoms with Gasteiger partial charge in [0.2, 0.25) is 0 Å². The molecule has 0 spiro atoms. The number of likely N-dealkylation sites (tertiary alicyclic amines) is 1. The molecule has 0 unspecified atom stereocenters. The van der Waals surface area contributed by atoms with Gasteiger partial charge in [0.25, 0.3) is 5.91 Å². The lowest BCUT2D eigenvalue weighted by Crippen LogP contribution is -2.36. The van der Waals surface area contributed by atoms with Crippen LogP contribution in [0.4, 0.5) is 11.5 Å². The first-order chi connectivity index (χ1) is 12.3. The Morgan fingerprint density at radius 3 is 2.60 bits per heavy atom. The fourth-order valence-electron chi connectivity index (χ4n) is 3.11. The van der Waals surface area contributed by atoms with Gasteiger partial charge in [0.05, 0.1) is 23.6 Å². The monoisotopic (exact) mass is 333 g/mol. The number of fused-ring (bicyclic) bond motifs is 1. The average Bonchev–Trinajstić information content (AvgIpc) is 2.69. The van der Waals surface area contributed by atoms with Gasteiger partial charge in [0.1, 0.15) is 11.5 Å². The summed E-state index contributed by atoms with van der Waals surface area (Å²) in [6, 6.07) is 9.85. The third-order valence-electron chi connectivity index (χ3n) is 4.41. The quantitative estimate of drug-likeness (QED) is 0.795. The summed E-state index contributed by atoms with van der Waals surface area (Å²) in [5.74, 6) is 0.555. The van der Waals surface area contributed by atoms with Crippen LogP contribution in [0.3, 0.4) is 0 Å². The van der Waals surface area contributed by atoms with Crippen LogP contribution in [0.15, 0.2) is 48.9 Å². The maximum Gasteiger partial charge on any atom is 0.274 e. The zero-order chi connectivity index (χ0) is 17.1. The molecule has 0 bridgehead atoms. The molecular formula is C19H19N5O. The predicted octanol–water partition coefficient (Wildman–Crippen LogP) is 3.39. The predicted molar refractivity (Wildman–Crippen MR) is 96.8 cm³/mol.